The number of carbonyl (C=O) groups is 1. The fraction of sp³-hybridized carbons (Fsp3) is 0.917. The van der Waals surface area contributed by atoms with Gasteiger partial charge in [-0.05, 0) is 40.0 Å². The lowest BCUT2D eigenvalue weighted by atomic mass is 9.92. The van der Waals surface area contributed by atoms with Gasteiger partial charge in [-0.2, -0.15) is 0 Å². The molecule has 0 N–H and O–H groups in total. The smallest absolute Gasteiger partial charge is 0.422 e. The average molecular weight is 261 g/mol. The van der Waals surface area contributed by atoms with Crippen molar-refractivity contribution in [1.29, 1.82) is 0 Å². The van der Waals surface area contributed by atoms with E-state index in [2.05, 4.69) is 13.8 Å². The van der Waals surface area contributed by atoms with E-state index in [4.69, 9.17) is 8.92 Å². The minimum absolute atomic E-state index is 0.277. The van der Waals surface area contributed by atoms with Gasteiger partial charge >= 0.3 is 6.09 Å². The molecular weight excluding hydrogens is 238 g/mol. The molecule has 0 bridgehead atoms. The molecule has 0 unspecified atom stereocenters. The molecule has 1 fully saturated rings. The molecule has 1 atom stereocenters. The first kappa shape index (κ1) is 14.6. The van der Waals surface area contributed by atoms with Crippen LogP contribution in [0.2, 0.25) is 0 Å². The SMILES string of the molecule is CC(C)C[C@@]1(C)COSN1C(=O)OC(C)(C)C. The van der Waals surface area contributed by atoms with Crippen molar-refractivity contribution in [2.24, 2.45) is 5.92 Å². The van der Waals surface area contributed by atoms with Crippen LogP contribution in [0.15, 0.2) is 0 Å². The van der Waals surface area contributed by atoms with Crippen LogP contribution >= 0.6 is 12.2 Å². The van der Waals surface area contributed by atoms with Gasteiger partial charge in [0.2, 0.25) is 0 Å². The van der Waals surface area contributed by atoms with Gasteiger partial charge in [-0.15, -0.1) is 0 Å². The summed E-state index contributed by atoms with van der Waals surface area (Å²) in [5, 5.41) is 0. The predicted molar refractivity (Wildman–Crippen MR) is 69.5 cm³/mol. The van der Waals surface area contributed by atoms with Gasteiger partial charge in [0.25, 0.3) is 0 Å². The molecule has 1 rings (SSSR count). The Balaban J connectivity index is 2.72. The number of hydrogen-bond acceptors (Lipinski definition) is 4. The number of ether oxygens (including phenoxy) is 1. The second kappa shape index (κ2) is 5.06. The van der Waals surface area contributed by atoms with Gasteiger partial charge in [0.15, 0.2) is 0 Å². The third-order valence-corrected chi connectivity index (χ3v) is 3.36. The van der Waals surface area contributed by atoms with Crippen LogP contribution in [0.1, 0.15) is 48.0 Å². The number of nitrogens with zero attached hydrogens (tertiary/aromatic N) is 1. The molecule has 0 aromatic heterocycles. The second-order valence-electron chi connectivity index (χ2n) is 6.21. The maximum Gasteiger partial charge on any atom is 0.422 e. The molecule has 0 radical (unpaired) electrons. The minimum Gasteiger partial charge on any atom is -0.443 e. The molecule has 1 amide bonds. The lowest BCUT2D eigenvalue weighted by molar-refractivity contribution is 0.0257. The molecule has 1 aliphatic rings. The summed E-state index contributed by atoms with van der Waals surface area (Å²) in [6, 6.07) is 0. The summed E-state index contributed by atoms with van der Waals surface area (Å²) >= 11 is 1.10. The number of hydrogen-bond donors (Lipinski definition) is 0. The molecule has 0 spiro atoms. The molecule has 1 saturated heterocycles. The van der Waals surface area contributed by atoms with Crippen LogP contribution in [0.3, 0.4) is 0 Å². The van der Waals surface area contributed by atoms with Gasteiger partial charge < -0.3 is 4.74 Å². The Morgan fingerprint density at radius 2 is 2.12 bits per heavy atom. The highest BCUT2D eigenvalue weighted by atomic mass is 32.2. The van der Waals surface area contributed by atoms with E-state index in [-0.39, 0.29) is 11.6 Å². The number of amides is 1. The standard InChI is InChI=1S/C12H23NO3S/c1-9(2)7-12(6)8-15-17-13(12)10(14)16-11(3,4)5/h9H,7-8H2,1-6H3/t12-/m0/s1. The highest BCUT2D eigenvalue weighted by molar-refractivity contribution is 7.93. The lowest BCUT2D eigenvalue weighted by Crippen LogP contribution is -2.46. The second-order valence-corrected chi connectivity index (χ2v) is 6.96. The summed E-state index contributed by atoms with van der Waals surface area (Å²) in [6.45, 7) is 12.5. The molecule has 0 aromatic carbocycles. The van der Waals surface area contributed by atoms with Crippen LogP contribution in [0.4, 0.5) is 4.79 Å². The fourth-order valence-corrected chi connectivity index (χ4v) is 2.75. The monoisotopic (exact) mass is 261 g/mol. The van der Waals surface area contributed by atoms with Crippen LogP contribution in [-0.2, 0) is 8.92 Å². The first-order valence-corrected chi connectivity index (χ1v) is 6.67. The maximum absolute atomic E-state index is 12.1. The van der Waals surface area contributed by atoms with Crippen molar-refractivity contribution >= 4 is 18.3 Å². The molecule has 1 heterocycles. The Hall–Kier alpha value is -0.420. The molecule has 100 valence electrons. The third-order valence-electron chi connectivity index (χ3n) is 2.39. The topological polar surface area (TPSA) is 38.8 Å². The average Bonchev–Trinajstić information content (AvgIpc) is 2.41. The Bertz CT molecular complexity index is 288. The molecule has 4 nitrogen and oxygen atoms in total. The predicted octanol–water partition coefficient (Wildman–Crippen LogP) is 3.62. The van der Waals surface area contributed by atoms with Gasteiger partial charge in [-0.3, -0.25) is 4.18 Å². The zero-order chi connectivity index (χ0) is 13.3. The van der Waals surface area contributed by atoms with Crippen molar-refractivity contribution in [3.05, 3.63) is 0 Å². The summed E-state index contributed by atoms with van der Waals surface area (Å²) in [5.41, 5.74) is -0.750. The van der Waals surface area contributed by atoms with E-state index in [1.807, 2.05) is 27.7 Å². The van der Waals surface area contributed by atoms with Gasteiger partial charge in [0, 0.05) is 0 Å². The first-order chi connectivity index (χ1) is 7.64. The van der Waals surface area contributed by atoms with Crippen LogP contribution in [0.25, 0.3) is 0 Å². The Kier molecular flexibility index (Phi) is 4.36. The Morgan fingerprint density at radius 3 is 2.59 bits per heavy atom. The quantitative estimate of drug-likeness (QED) is 0.562. The van der Waals surface area contributed by atoms with Crippen molar-refractivity contribution in [2.75, 3.05) is 6.61 Å². The molecule has 1 aliphatic heterocycles. The van der Waals surface area contributed by atoms with Crippen molar-refractivity contribution in [1.82, 2.24) is 4.31 Å². The minimum atomic E-state index is -0.473. The van der Waals surface area contributed by atoms with E-state index in [9.17, 15) is 4.79 Å². The Morgan fingerprint density at radius 1 is 1.53 bits per heavy atom. The van der Waals surface area contributed by atoms with Crippen LogP contribution < -0.4 is 0 Å². The molecule has 0 aromatic rings. The molecular formula is C12H23NO3S. The van der Waals surface area contributed by atoms with Crippen LogP contribution in [0, 0.1) is 5.92 Å². The van der Waals surface area contributed by atoms with E-state index in [1.54, 1.807) is 4.31 Å². The van der Waals surface area contributed by atoms with Gasteiger partial charge in [0.1, 0.15) is 17.8 Å². The van der Waals surface area contributed by atoms with Crippen LogP contribution in [-0.4, -0.2) is 28.1 Å². The maximum atomic E-state index is 12.1. The zero-order valence-corrected chi connectivity index (χ0v) is 12.4. The normalized spacial score (nSPS) is 25.5. The first-order valence-electron chi connectivity index (χ1n) is 5.97. The van der Waals surface area contributed by atoms with Gasteiger partial charge in [0.05, 0.1) is 12.1 Å². The van der Waals surface area contributed by atoms with Crippen molar-refractivity contribution in [2.45, 2.75) is 59.1 Å². The van der Waals surface area contributed by atoms with Gasteiger partial charge in [-0.1, -0.05) is 13.8 Å². The fourth-order valence-electron chi connectivity index (χ4n) is 1.93. The molecule has 5 heteroatoms. The summed E-state index contributed by atoms with van der Waals surface area (Å²) in [4.78, 5) is 12.1. The number of rotatable bonds is 2. The summed E-state index contributed by atoms with van der Waals surface area (Å²) in [6.07, 6.45) is 0.585. The summed E-state index contributed by atoms with van der Waals surface area (Å²) < 4.78 is 12.4. The van der Waals surface area contributed by atoms with Gasteiger partial charge in [-0.25, -0.2) is 9.10 Å². The zero-order valence-electron chi connectivity index (χ0n) is 11.6. The van der Waals surface area contributed by atoms with Crippen LogP contribution in [0.5, 0.6) is 0 Å². The van der Waals surface area contributed by atoms with Crippen molar-refractivity contribution in [3.8, 4) is 0 Å². The van der Waals surface area contributed by atoms with E-state index in [1.165, 1.54) is 0 Å². The largest absolute Gasteiger partial charge is 0.443 e. The molecule has 0 saturated carbocycles. The van der Waals surface area contributed by atoms with E-state index in [0.29, 0.717) is 12.5 Å². The van der Waals surface area contributed by atoms with E-state index in [0.717, 1.165) is 18.6 Å². The van der Waals surface area contributed by atoms with Crippen molar-refractivity contribution in [3.63, 3.8) is 0 Å². The highest BCUT2D eigenvalue weighted by Gasteiger charge is 2.44. The summed E-state index contributed by atoms with van der Waals surface area (Å²) in [7, 11) is 0. The van der Waals surface area contributed by atoms with Crippen molar-refractivity contribution < 1.29 is 13.7 Å². The summed E-state index contributed by atoms with van der Waals surface area (Å²) in [5.74, 6) is 0.507. The Labute approximate surface area is 108 Å². The third kappa shape index (κ3) is 4.07. The van der Waals surface area contributed by atoms with E-state index >= 15 is 0 Å². The van der Waals surface area contributed by atoms with E-state index < -0.39 is 5.60 Å². The number of carbonyl (C=O) groups excluding carboxylic acids is 1. The molecule has 0 aliphatic carbocycles. The molecule has 17 heavy (non-hydrogen) atoms. The highest BCUT2D eigenvalue weighted by Crippen LogP contribution is 2.38. The lowest BCUT2D eigenvalue weighted by Gasteiger charge is -2.33.